The van der Waals surface area contributed by atoms with E-state index in [0.717, 1.165) is 0 Å². The molecular formula is C8H12Cl2N4O2. The average Bonchev–Trinajstić information content (AvgIpc) is 2.15. The number of aliphatic carboxylic acids is 1. The molecule has 0 aliphatic carbocycles. The van der Waals surface area contributed by atoms with Gasteiger partial charge in [0.05, 0.1) is 0 Å². The van der Waals surface area contributed by atoms with Crippen LogP contribution in [0.15, 0.2) is 20.0 Å². The zero-order valence-corrected chi connectivity index (χ0v) is 9.87. The molecule has 0 aromatic rings. The van der Waals surface area contributed by atoms with Crippen LogP contribution in [0.1, 0.15) is 6.42 Å². The van der Waals surface area contributed by atoms with E-state index < -0.39 is 12.0 Å². The predicted octanol–water partition coefficient (Wildman–Crippen LogP) is 0.493. The quantitative estimate of drug-likeness (QED) is 0.480. The van der Waals surface area contributed by atoms with E-state index >= 15 is 0 Å². The SMILES string of the molecule is C=N[C@H](C(=O)O)C(CCN=C(N)N)=C(Cl)Cl. The predicted molar refractivity (Wildman–Crippen MR) is 65.0 cm³/mol. The third-order valence-corrected chi connectivity index (χ3v) is 2.15. The van der Waals surface area contributed by atoms with Crippen LogP contribution in [0, 0.1) is 0 Å². The number of hydrogen-bond acceptors (Lipinski definition) is 3. The molecule has 0 spiro atoms. The van der Waals surface area contributed by atoms with Gasteiger partial charge in [0.15, 0.2) is 12.0 Å². The van der Waals surface area contributed by atoms with Gasteiger partial charge >= 0.3 is 5.97 Å². The lowest BCUT2D eigenvalue weighted by Crippen LogP contribution is -2.24. The normalized spacial score (nSPS) is 11.4. The highest BCUT2D eigenvalue weighted by atomic mass is 35.5. The molecule has 0 aliphatic heterocycles. The molecule has 0 heterocycles. The van der Waals surface area contributed by atoms with Crippen LogP contribution in [0.25, 0.3) is 0 Å². The molecule has 0 unspecified atom stereocenters. The van der Waals surface area contributed by atoms with Crippen molar-refractivity contribution in [3.05, 3.63) is 10.1 Å². The highest BCUT2D eigenvalue weighted by molar-refractivity contribution is 6.56. The Balaban J connectivity index is 4.77. The maximum absolute atomic E-state index is 10.8. The summed E-state index contributed by atoms with van der Waals surface area (Å²) in [5.41, 5.74) is 10.5. The molecule has 1 atom stereocenters. The number of halogens is 2. The first-order valence-electron chi connectivity index (χ1n) is 4.18. The Morgan fingerprint density at radius 3 is 2.31 bits per heavy atom. The number of nitrogens with two attached hydrogens (primary N) is 2. The molecular weight excluding hydrogens is 255 g/mol. The monoisotopic (exact) mass is 266 g/mol. The number of carbonyl (C=O) groups is 1. The summed E-state index contributed by atoms with van der Waals surface area (Å²) in [5.74, 6) is -1.28. The summed E-state index contributed by atoms with van der Waals surface area (Å²) in [4.78, 5) is 17.9. The summed E-state index contributed by atoms with van der Waals surface area (Å²) in [6.07, 6.45) is 0.191. The van der Waals surface area contributed by atoms with Crippen LogP contribution in [0.4, 0.5) is 0 Å². The summed E-state index contributed by atoms with van der Waals surface area (Å²) in [5, 5.41) is 8.83. The lowest BCUT2D eigenvalue weighted by atomic mass is 10.1. The van der Waals surface area contributed by atoms with Crippen molar-refractivity contribution in [2.75, 3.05) is 6.54 Å². The van der Waals surface area contributed by atoms with Crippen molar-refractivity contribution in [2.45, 2.75) is 12.5 Å². The Labute approximate surface area is 103 Å². The van der Waals surface area contributed by atoms with E-state index in [4.69, 9.17) is 39.8 Å². The second-order valence-electron chi connectivity index (χ2n) is 2.77. The van der Waals surface area contributed by atoms with Crippen molar-refractivity contribution < 1.29 is 9.90 Å². The van der Waals surface area contributed by atoms with Crippen LogP contribution in [0.5, 0.6) is 0 Å². The number of aliphatic imine (C=N–C) groups is 2. The molecule has 0 saturated carbocycles. The van der Waals surface area contributed by atoms with Gasteiger partial charge in [-0.1, -0.05) is 23.2 Å². The maximum atomic E-state index is 10.8. The van der Waals surface area contributed by atoms with Gasteiger partial charge in [0, 0.05) is 6.54 Å². The number of guanidine groups is 1. The topological polar surface area (TPSA) is 114 Å². The lowest BCUT2D eigenvalue weighted by Gasteiger charge is -2.11. The van der Waals surface area contributed by atoms with Gasteiger partial charge in [-0.15, -0.1) is 0 Å². The van der Waals surface area contributed by atoms with Crippen LogP contribution in [-0.4, -0.2) is 36.3 Å². The molecule has 5 N–H and O–H groups in total. The minimum Gasteiger partial charge on any atom is -0.479 e. The molecule has 0 saturated heterocycles. The molecule has 0 fully saturated rings. The van der Waals surface area contributed by atoms with Crippen molar-refractivity contribution in [2.24, 2.45) is 21.5 Å². The second-order valence-corrected chi connectivity index (χ2v) is 3.71. The van der Waals surface area contributed by atoms with Gasteiger partial charge in [-0.2, -0.15) is 0 Å². The van der Waals surface area contributed by atoms with E-state index in [2.05, 4.69) is 16.7 Å². The Bertz CT molecular complexity index is 333. The van der Waals surface area contributed by atoms with Crippen molar-refractivity contribution in [1.82, 2.24) is 0 Å². The van der Waals surface area contributed by atoms with E-state index in [1.54, 1.807) is 0 Å². The third-order valence-electron chi connectivity index (χ3n) is 1.66. The van der Waals surface area contributed by atoms with Gasteiger partial charge in [0.25, 0.3) is 0 Å². The first-order valence-corrected chi connectivity index (χ1v) is 4.93. The van der Waals surface area contributed by atoms with Crippen LogP contribution >= 0.6 is 23.2 Å². The van der Waals surface area contributed by atoms with Gasteiger partial charge in [-0.25, -0.2) is 4.79 Å². The van der Waals surface area contributed by atoms with Crippen LogP contribution in [0.2, 0.25) is 0 Å². The fraction of sp³-hybridized carbons (Fsp3) is 0.375. The van der Waals surface area contributed by atoms with Gasteiger partial charge < -0.3 is 16.6 Å². The Hall–Kier alpha value is -1.27. The highest BCUT2D eigenvalue weighted by Crippen LogP contribution is 2.22. The van der Waals surface area contributed by atoms with Crippen molar-refractivity contribution in [1.29, 1.82) is 0 Å². The summed E-state index contributed by atoms with van der Waals surface area (Å²) in [7, 11) is 0. The van der Waals surface area contributed by atoms with Crippen molar-refractivity contribution in [3.8, 4) is 0 Å². The molecule has 90 valence electrons. The number of rotatable bonds is 6. The number of carboxylic acids is 1. The largest absolute Gasteiger partial charge is 0.479 e. The molecule has 0 radical (unpaired) electrons. The average molecular weight is 267 g/mol. The molecule has 0 rings (SSSR count). The van der Waals surface area contributed by atoms with Gasteiger partial charge in [0.1, 0.15) is 4.49 Å². The van der Waals surface area contributed by atoms with Gasteiger partial charge in [-0.05, 0) is 18.7 Å². The summed E-state index contributed by atoms with van der Waals surface area (Å²) < 4.78 is -0.161. The fourth-order valence-electron chi connectivity index (χ4n) is 0.977. The lowest BCUT2D eigenvalue weighted by molar-refractivity contribution is -0.137. The first kappa shape index (κ1) is 14.7. The van der Waals surface area contributed by atoms with E-state index in [0.29, 0.717) is 0 Å². The number of carboxylic acid groups (broad SMARTS) is 1. The summed E-state index contributed by atoms with van der Waals surface area (Å²) in [6.45, 7) is 3.34. The zero-order valence-electron chi connectivity index (χ0n) is 8.36. The second kappa shape index (κ2) is 7.08. The molecule has 16 heavy (non-hydrogen) atoms. The molecule has 0 aromatic carbocycles. The number of nitrogens with zero attached hydrogens (tertiary/aromatic N) is 2. The van der Waals surface area contributed by atoms with Crippen molar-refractivity contribution in [3.63, 3.8) is 0 Å². The van der Waals surface area contributed by atoms with Crippen LogP contribution < -0.4 is 11.5 Å². The highest BCUT2D eigenvalue weighted by Gasteiger charge is 2.22. The third kappa shape index (κ3) is 4.99. The molecule has 8 heteroatoms. The van der Waals surface area contributed by atoms with Crippen molar-refractivity contribution >= 4 is 41.8 Å². The van der Waals surface area contributed by atoms with Crippen LogP contribution in [-0.2, 0) is 4.79 Å². The Morgan fingerprint density at radius 2 is 2.00 bits per heavy atom. The molecule has 0 aliphatic rings. The standard InChI is InChI=1S/C8H12Cl2N4O2/c1-13-5(7(15)16)4(6(9)10)2-3-14-8(11)12/h5H,1-3H2,(H,15,16)(H4,11,12,14)/t5-/m0/s1. The van der Waals surface area contributed by atoms with E-state index in [1.807, 2.05) is 0 Å². The smallest absolute Gasteiger partial charge is 0.332 e. The minimum atomic E-state index is -1.19. The minimum absolute atomic E-state index is 0.0940. The molecule has 0 amide bonds. The van der Waals surface area contributed by atoms with Gasteiger partial charge in [-0.3, -0.25) is 9.98 Å². The fourth-order valence-corrected chi connectivity index (χ4v) is 1.37. The Kier molecular flexibility index (Phi) is 6.52. The first-order chi connectivity index (χ1) is 7.40. The van der Waals surface area contributed by atoms with Gasteiger partial charge in [0.2, 0.25) is 0 Å². The Morgan fingerprint density at radius 1 is 1.44 bits per heavy atom. The van der Waals surface area contributed by atoms with Crippen LogP contribution in [0.3, 0.4) is 0 Å². The number of hydrogen-bond donors (Lipinski definition) is 3. The molecule has 0 aromatic heterocycles. The maximum Gasteiger partial charge on any atom is 0.332 e. The summed E-state index contributed by atoms with van der Waals surface area (Å²) in [6, 6.07) is -1.18. The van der Waals surface area contributed by atoms with E-state index in [-0.39, 0.29) is 29.0 Å². The molecule has 6 nitrogen and oxygen atoms in total. The summed E-state index contributed by atoms with van der Waals surface area (Å²) >= 11 is 11.1. The van der Waals surface area contributed by atoms with E-state index in [9.17, 15) is 4.79 Å². The zero-order chi connectivity index (χ0) is 12.7. The van der Waals surface area contributed by atoms with E-state index in [1.165, 1.54) is 0 Å². The molecule has 0 bridgehead atoms.